The van der Waals surface area contributed by atoms with Crippen molar-refractivity contribution in [1.29, 1.82) is 0 Å². The molecule has 0 amide bonds. The molecule has 0 fully saturated rings. The zero-order valence-corrected chi connectivity index (χ0v) is 10.9. The van der Waals surface area contributed by atoms with E-state index in [1.165, 1.54) is 18.2 Å². The third kappa shape index (κ3) is 2.19. The number of nitrogens with two attached hydrogens (primary N) is 1. The quantitative estimate of drug-likeness (QED) is 0.882. The standard InChI is InChI=1S/C12H12N2O4S/c1-8-2-4-9(5-3-8)19(17,18)14-7-6-10(13)11(14)12(15)16/h2-7H,13H2,1H3,(H,15,16). The van der Waals surface area contributed by atoms with Crippen LogP contribution in [-0.2, 0) is 10.0 Å². The second kappa shape index (κ2) is 4.43. The predicted octanol–water partition coefficient (Wildman–Crippen LogP) is 1.31. The molecule has 1 aromatic heterocycles. The second-order valence-electron chi connectivity index (χ2n) is 4.04. The van der Waals surface area contributed by atoms with E-state index in [-0.39, 0.29) is 10.6 Å². The van der Waals surface area contributed by atoms with Crippen LogP contribution < -0.4 is 5.73 Å². The van der Waals surface area contributed by atoms with Crippen molar-refractivity contribution in [1.82, 2.24) is 3.97 Å². The van der Waals surface area contributed by atoms with Gasteiger partial charge < -0.3 is 10.8 Å². The van der Waals surface area contributed by atoms with Crippen LogP contribution in [0.2, 0.25) is 0 Å². The van der Waals surface area contributed by atoms with E-state index in [4.69, 9.17) is 10.8 Å². The summed E-state index contributed by atoms with van der Waals surface area (Å²) in [6.45, 7) is 1.83. The topological polar surface area (TPSA) is 102 Å². The van der Waals surface area contributed by atoms with Crippen LogP contribution in [0.5, 0.6) is 0 Å². The number of hydrogen-bond acceptors (Lipinski definition) is 4. The minimum absolute atomic E-state index is 0.0104. The number of aryl methyl sites for hydroxylation is 1. The molecule has 7 heteroatoms. The van der Waals surface area contributed by atoms with E-state index in [1.807, 2.05) is 6.92 Å². The second-order valence-corrected chi connectivity index (χ2v) is 5.85. The smallest absolute Gasteiger partial charge is 0.355 e. The highest BCUT2D eigenvalue weighted by Gasteiger charge is 2.24. The lowest BCUT2D eigenvalue weighted by atomic mass is 10.2. The fourth-order valence-corrected chi connectivity index (χ4v) is 3.02. The van der Waals surface area contributed by atoms with Gasteiger partial charge in [-0.05, 0) is 25.1 Å². The van der Waals surface area contributed by atoms with Crippen molar-refractivity contribution < 1.29 is 18.3 Å². The molecule has 6 nitrogen and oxygen atoms in total. The molecule has 0 unspecified atom stereocenters. The highest BCUT2D eigenvalue weighted by atomic mass is 32.2. The molecule has 0 aliphatic carbocycles. The lowest BCUT2D eigenvalue weighted by Gasteiger charge is -2.08. The highest BCUT2D eigenvalue weighted by molar-refractivity contribution is 7.90. The van der Waals surface area contributed by atoms with Gasteiger partial charge in [0.1, 0.15) is 0 Å². The molecule has 0 aliphatic heterocycles. The Bertz CT molecular complexity index is 730. The summed E-state index contributed by atoms with van der Waals surface area (Å²) in [5.74, 6) is -1.39. The number of rotatable bonds is 3. The van der Waals surface area contributed by atoms with E-state index in [9.17, 15) is 13.2 Å². The number of carbonyl (C=O) groups is 1. The summed E-state index contributed by atoms with van der Waals surface area (Å²) in [6.07, 6.45) is 1.13. The van der Waals surface area contributed by atoms with Crippen LogP contribution in [0.25, 0.3) is 0 Å². The van der Waals surface area contributed by atoms with E-state index in [1.54, 1.807) is 12.1 Å². The van der Waals surface area contributed by atoms with Gasteiger partial charge in [0.25, 0.3) is 10.0 Å². The number of nitrogen functional groups attached to an aromatic ring is 1. The van der Waals surface area contributed by atoms with Crippen LogP contribution in [0.1, 0.15) is 16.1 Å². The maximum atomic E-state index is 12.3. The number of anilines is 1. The van der Waals surface area contributed by atoms with Gasteiger partial charge in [0.2, 0.25) is 0 Å². The molecule has 0 spiro atoms. The lowest BCUT2D eigenvalue weighted by Crippen LogP contribution is -2.18. The summed E-state index contributed by atoms with van der Waals surface area (Å²) in [5.41, 5.74) is 5.83. The van der Waals surface area contributed by atoms with Crippen LogP contribution in [0, 0.1) is 6.92 Å². The number of nitrogens with zero attached hydrogens (tertiary/aromatic N) is 1. The Morgan fingerprint density at radius 3 is 2.32 bits per heavy atom. The molecule has 0 saturated heterocycles. The van der Waals surface area contributed by atoms with Gasteiger partial charge in [-0.3, -0.25) is 0 Å². The third-order valence-electron chi connectivity index (χ3n) is 2.66. The Labute approximate surface area is 110 Å². The van der Waals surface area contributed by atoms with E-state index in [0.717, 1.165) is 11.8 Å². The van der Waals surface area contributed by atoms with Crippen molar-refractivity contribution in [2.45, 2.75) is 11.8 Å². The average Bonchev–Trinajstić information content (AvgIpc) is 2.72. The molecule has 0 saturated carbocycles. The van der Waals surface area contributed by atoms with Gasteiger partial charge in [-0.15, -0.1) is 0 Å². The first-order chi connectivity index (χ1) is 8.84. The Morgan fingerprint density at radius 1 is 1.21 bits per heavy atom. The number of aromatic carboxylic acids is 1. The first kappa shape index (κ1) is 13.2. The van der Waals surface area contributed by atoms with Crippen molar-refractivity contribution in [2.75, 3.05) is 5.73 Å². The fraction of sp³-hybridized carbons (Fsp3) is 0.0833. The summed E-state index contributed by atoms with van der Waals surface area (Å²) >= 11 is 0. The molecular formula is C12H12N2O4S. The highest BCUT2D eigenvalue weighted by Crippen LogP contribution is 2.21. The molecular weight excluding hydrogens is 268 g/mol. The molecule has 1 aromatic carbocycles. The Hall–Kier alpha value is -2.28. The largest absolute Gasteiger partial charge is 0.476 e. The van der Waals surface area contributed by atoms with Crippen molar-refractivity contribution in [3.8, 4) is 0 Å². The van der Waals surface area contributed by atoms with Crippen LogP contribution >= 0.6 is 0 Å². The average molecular weight is 280 g/mol. The molecule has 0 atom stereocenters. The fourth-order valence-electron chi connectivity index (χ4n) is 1.67. The molecule has 0 radical (unpaired) electrons. The first-order valence-electron chi connectivity index (χ1n) is 5.36. The summed E-state index contributed by atoms with van der Waals surface area (Å²) in [4.78, 5) is 11.1. The molecule has 0 aliphatic rings. The minimum atomic E-state index is -3.95. The van der Waals surface area contributed by atoms with E-state index in [2.05, 4.69) is 0 Å². The predicted molar refractivity (Wildman–Crippen MR) is 69.6 cm³/mol. The van der Waals surface area contributed by atoms with E-state index in [0.29, 0.717) is 3.97 Å². The lowest BCUT2D eigenvalue weighted by molar-refractivity contribution is 0.0690. The minimum Gasteiger partial charge on any atom is -0.476 e. The molecule has 1 heterocycles. The maximum Gasteiger partial charge on any atom is 0.355 e. The number of aromatic nitrogens is 1. The Balaban J connectivity index is 2.64. The van der Waals surface area contributed by atoms with Crippen LogP contribution in [0.3, 0.4) is 0 Å². The third-order valence-corrected chi connectivity index (χ3v) is 4.35. The van der Waals surface area contributed by atoms with Crippen LogP contribution in [-0.4, -0.2) is 23.5 Å². The van der Waals surface area contributed by atoms with Gasteiger partial charge in [0.15, 0.2) is 5.69 Å². The summed E-state index contributed by atoms with van der Waals surface area (Å²) in [6, 6.07) is 7.37. The van der Waals surface area contributed by atoms with Crippen molar-refractivity contribution in [3.05, 3.63) is 47.8 Å². The monoisotopic (exact) mass is 280 g/mol. The molecule has 3 N–H and O–H groups in total. The molecule has 2 aromatic rings. The number of carboxylic acid groups (broad SMARTS) is 1. The van der Waals surface area contributed by atoms with Crippen LogP contribution in [0.15, 0.2) is 41.4 Å². The van der Waals surface area contributed by atoms with Gasteiger partial charge in [0, 0.05) is 6.20 Å². The maximum absolute atomic E-state index is 12.3. The molecule has 0 bridgehead atoms. The van der Waals surface area contributed by atoms with Gasteiger partial charge in [-0.25, -0.2) is 17.2 Å². The van der Waals surface area contributed by atoms with Gasteiger partial charge >= 0.3 is 5.97 Å². The van der Waals surface area contributed by atoms with E-state index < -0.39 is 21.7 Å². The number of benzene rings is 1. The van der Waals surface area contributed by atoms with Crippen LogP contribution in [0.4, 0.5) is 5.69 Å². The van der Waals surface area contributed by atoms with Gasteiger partial charge in [0.05, 0.1) is 10.6 Å². The SMILES string of the molecule is Cc1ccc(S(=O)(=O)n2ccc(N)c2C(=O)O)cc1. The summed E-state index contributed by atoms with van der Waals surface area (Å²) < 4.78 is 25.3. The number of hydrogen-bond donors (Lipinski definition) is 2. The van der Waals surface area contributed by atoms with Gasteiger partial charge in [-0.2, -0.15) is 0 Å². The molecule has 2 rings (SSSR count). The molecule has 100 valence electrons. The number of carboxylic acids is 1. The zero-order valence-electron chi connectivity index (χ0n) is 10.1. The normalized spacial score (nSPS) is 11.4. The van der Waals surface area contributed by atoms with Crippen molar-refractivity contribution >= 4 is 21.7 Å². The Kier molecular flexibility index (Phi) is 3.07. The van der Waals surface area contributed by atoms with Crippen molar-refractivity contribution in [2.24, 2.45) is 0 Å². The van der Waals surface area contributed by atoms with Crippen molar-refractivity contribution in [3.63, 3.8) is 0 Å². The molecule has 19 heavy (non-hydrogen) atoms. The summed E-state index contributed by atoms with van der Waals surface area (Å²) in [7, 11) is -3.95. The Morgan fingerprint density at radius 2 is 1.79 bits per heavy atom. The summed E-state index contributed by atoms with van der Waals surface area (Å²) in [5, 5.41) is 9.02. The zero-order chi connectivity index (χ0) is 14.2. The first-order valence-corrected chi connectivity index (χ1v) is 6.80. The van der Waals surface area contributed by atoms with Gasteiger partial charge in [-0.1, -0.05) is 17.7 Å². The van der Waals surface area contributed by atoms with E-state index >= 15 is 0 Å².